The maximum absolute atomic E-state index is 11.4. The first-order valence-corrected chi connectivity index (χ1v) is 10.6. The number of amides is 1. The van der Waals surface area contributed by atoms with Crippen molar-refractivity contribution in [1.29, 1.82) is 0 Å². The molecule has 10 nitrogen and oxygen atoms in total. The molecule has 0 aliphatic carbocycles. The topological polar surface area (TPSA) is 149 Å². The number of carbonyl (C=O) groups excluding carboxylic acids is 1. The molecule has 1 amide bonds. The van der Waals surface area contributed by atoms with E-state index < -0.39 is 15.9 Å². The Hall–Kier alpha value is -3.47. The van der Waals surface area contributed by atoms with Gasteiger partial charge in [-0.3, -0.25) is 5.32 Å². The highest BCUT2D eigenvalue weighted by Crippen LogP contribution is 2.25. The van der Waals surface area contributed by atoms with E-state index in [2.05, 4.69) is 30.3 Å². The molecule has 0 radical (unpaired) electrons. The molecular weight excluding hydrogens is 396 g/mol. The highest BCUT2D eigenvalue weighted by molar-refractivity contribution is 7.90. The standard InChI is InChI=1S/C18H20N6O4S/c1-28-18(25)21-12-5-3-11(4-6-12)13-7-8-14-15(22-13)16(24-17(19)23-14)20-9-10-29(2,26)27/h3-8H,9-10H2,1-2H3,(H,21,25)(H3,19,20,23,24). The van der Waals surface area contributed by atoms with E-state index in [1.165, 1.54) is 7.11 Å². The Kier molecular flexibility index (Phi) is 5.78. The molecule has 0 aliphatic heterocycles. The van der Waals surface area contributed by atoms with Crippen molar-refractivity contribution < 1.29 is 17.9 Å². The van der Waals surface area contributed by atoms with E-state index in [0.29, 0.717) is 28.2 Å². The Bertz CT molecular complexity index is 1150. The average Bonchev–Trinajstić information content (AvgIpc) is 2.67. The van der Waals surface area contributed by atoms with Gasteiger partial charge in [-0.15, -0.1) is 0 Å². The highest BCUT2D eigenvalue weighted by atomic mass is 32.2. The number of nitrogens with zero attached hydrogens (tertiary/aromatic N) is 3. The minimum Gasteiger partial charge on any atom is -0.453 e. The van der Waals surface area contributed by atoms with Gasteiger partial charge in [0.15, 0.2) is 5.82 Å². The number of nitrogen functional groups attached to an aromatic ring is 1. The number of benzene rings is 1. The van der Waals surface area contributed by atoms with E-state index in [4.69, 9.17) is 5.73 Å². The molecule has 0 saturated heterocycles. The van der Waals surface area contributed by atoms with Gasteiger partial charge in [0, 0.05) is 24.1 Å². The summed E-state index contributed by atoms with van der Waals surface area (Å²) in [6.07, 6.45) is 0.608. The Morgan fingerprint density at radius 3 is 2.48 bits per heavy atom. The first-order valence-electron chi connectivity index (χ1n) is 8.56. The van der Waals surface area contributed by atoms with Crippen LogP contribution in [0, 0.1) is 0 Å². The molecule has 0 spiro atoms. The molecule has 0 saturated carbocycles. The van der Waals surface area contributed by atoms with Crippen molar-refractivity contribution in [2.45, 2.75) is 0 Å². The third-order valence-corrected chi connectivity index (χ3v) is 4.88. The van der Waals surface area contributed by atoms with Gasteiger partial charge in [-0.2, -0.15) is 4.98 Å². The Morgan fingerprint density at radius 1 is 1.10 bits per heavy atom. The lowest BCUT2D eigenvalue weighted by atomic mass is 10.1. The Morgan fingerprint density at radius 2 is 1.83 bits per heavy atom. The molecule has 11 heteroatoms. The number of sulfone groups is 1. The van der Waals surface area contributed by atoms with Crippen LogP contribution in [0.5, 0.6) is 0 Å². The molecular formula is C18H20N6O4S. The molecule has 152 valence electrons. The number of pyridine rings is 1. The van der Waals surface area contributed by atoms with E-state index in [0.717, 1.165) is 11.8 Å². The number of carbonyl (C=O) groups is 1. The van der Waals surface area contributed by atoms with E-state index in [9.17, 15) is 13.2 Å². The minimum absolute atomic E-state index is 0.0489. The number of methoxy groups -OCH3 is 1. The normalized spacial score (nSPS) is 11.2. The summed E-state index contributed by atoms with van der Waals surface area (Å²) in [6, 6.07) is 10.6. The van der Waals surface area contributed by atoms with Gasteiger partial charge in [-0.05, 0) is 24.3 Å². The first kappa shape index (κ1) is 20.3. The Labute approximate surface area is 167 Å². The molecule has 3 rings (SSSR count). The van der Waals surface area contributed by atoms with Crippen LogP contribution in [0.15, 0.2) is 36.4 Å². The molecule has 0 bridgehead atoms. The van der Waals surface area contributed by atoms with Crippen LogP contribution < -0.4 is 16.4 Å². The van der Waals surface area contributed by atoms with Crippen LogP contribution in [-0.4, -0.2) is 55.1 Å². The summed E-state index contributed by atoms with van der Waals surface area (Å²) in [5.74, 6) is 0.376. The molecule has 2 heterocycles. The quantitative estimate of drug-likeness (QED) is 0.547. The summed E-state index contributed by atoms with van der Waals surface area (Å²) in [4.78, 5) is 24.2. The number of ether oxygens (including phenoxy) is 1. The average molecular weight is 416 g/mol. The number of anilines is 3. The van der Waals surface area contributed by atoms with Crippen molar-refractivity contribution in [3.63, 3.8) is 0 Å². The number of fused-ring (bicyclic) bond motifs is 1. The fraction of sp³-hybridized carbons (Fsp3) is 0.222. The van der Waals surface area contributed by atoms with Crippen LogP contribution in [0.4, 0.5) is 22.2 Å². The maximum Gasteiger partial charge on any atom is 0.411 e. The van der Waals surface area contributed by atoms with Crippen molar-refractivity contribution in [3.8, 4) is 11.3 Å². The van der Waals surface area contributed by atoms with Gasteiger partial charge in [0.25, 0.3) is 0 Å². The third-order valence-electron chi connectivity index (χ3n) is 3.94. The fourth-order valence-electron chi connectivity index (χ4n) is 2.56. The zero-order chi connectivity index (χ0) is 21.0. The van der Waals surface area contributed by atoms with E-state index >= 15 is 0 Å². The van der Waals surface area contributed by atoms with Crippen molar-refractivity contribution in [3.05, 3.63) is 36.4 Å². The second-order valence-electron chi connectivity index (χ2n) is 6.25. The largest absolute Gasteiger partial charge is 0.453 e. The lowest BCUT2D eigenvalue weighted by Crippen LogP contribution is -2.15. The van der Waals surface area contributed by atoms with Gasteiger partial charge in [0.1, 0.15) is 15.4 Å². The first-order chi connectivity index (χ1) is 13.7. The summed E-state index contributed by atoms with van der Waals surface area (Å²) < 4.78 is 27.3. The number of hydrogen-bond donors (Lipinski definition) is 3. The molecule has 1 aromatic carbocycles. The maximum atomic E-state index is 11.4. The van der Waals surface area contributed by atoms with Crippen molar-refractivity contribution in [2.24, 2.45) is 0 Å². The van der Waals surface area contributed by atoms with Crippen LogP contribution in [0.2, 0.25) is 0 Å². The second kappa shape index (κ2) is 8.27. The van der Waals surface area contributed by atoms with Crippen LogP contribution in [0.3, 0.4) is 0 Å². The second-order valence-corrected chi connectivity index (χ2v) is 8.50. The van der Waals surface area contributed by atoms with Crippen molar-refractivity contribution >= 4 is 44.4 Å². The van der Waals surface area contributed by atoms with Crippen LogP contribution in [0.1, 0.15) is 0 Å². The van der Waals surface area contributed by atoms with Crippen LogP contribution in [-0.2, 0) is 14.6 Å². The van der Waals surface area contributed by atoms with Gasteiger partial charge in [0.2, 0.25) is 5.95 Å². The lowest BCUT2D eigenvalue weighted by Gasteiger charge is -2.10. The van der Waals surface area contributed by atoms with Gasteiger partial charge in [-0.25, -0.2) is 23.2 Å². The molecule has 3 aromatic rings. The summed E-state index contributed by atoms with van der Waals surface area (Å²) >= 11 is 0. The molecule has 0 fully saturated rings. The zero-order valence-corrected chi connectivity index (χ0v) is 16.7. The predicted molar refractivity (Wildman–Crippen MR) is 111 cm³/mol. The number of aromatic nitrogens is 3. The Balaban J connectivity index is 1.91. The highest BCUT2D eigenvalue weighted by Gasteiger charge is 2.11. The van der Waals surface area contributed by atoms with E-state index in [1.807, 2.05) is 0 Å². The van der Waals surface area contributed by atoms with Gasteiger partial charge < -0.3 is 15.8 Å². The summed E-state index contributed by atoms with van der Waals surface area (Å²) in [5, 5.41) is 5.54. The minimum atomic E-state index is -3.12. The summed E-state index contributed by atoms with van der Waals surface area (Å²) in [5.41, 5.74) is 8.80. The van der Waals surface area contributed by atoms with E-state index in [-0.39, 0.29) is 18.2 Å². The van der Waals surface area contributed by atoms with Crippen molar-refractivity contribution in [1.82, 2.24) is 15.0 Å². The zero-order valence-electron chi connectivity index (χ0n) is 15.8. The summed E-state index contributed by atoms with van der Waals surface area (Å²) in [6.45, 7) is 0.171. The molecule has 4 N–H and O–H groups in total. The van der Waals surface area contributed by atoms with Crippen LogP contribution >= 0.6 is 0 Å². The SMILES string of the molecule is COC(=O)Nc1ccc(-c2ccc3nc(N)nc(NCCS(C)(=O)=O)c3n2)cc1. The van der Waals surface area contributed by atoms with E-state index in [1.54, 1.807) is 36.4 Å². The number of nitrogens with one attached hydrogen (secondary N) is 2. The molecule has 0 aliphatic rings. The van der Waals surface area contributed by atoms with Crippen LogP contribution in [0.25, 0.3) is 22.3 Å². The number of nitrogens with two attached hydrogens (primary N) is 1. The number of hydrogen-bond acceptors (Lipinski definition) is 9. The lowest BCUT2D eigenvalue weighted by molar-refractivity contribution is 0.187. The monoisotopic (exact) mass is 416 g/mol. The third kappa shape index (κ3) is 5.29. The molecule has 0 atom stereocenters. The van der Waals surface area contributed by atoms with Crippen molar-refractivity contribution in [2.75, 3.05) is 42.0 Å². The molecule has 2 aromatic heterocycles. The summed E-state index contributed by atoms with van der Waals surface area (Å²) in [7, 11) is -1.83. The van der Waals surface area contributed by atoms with Gasteiger partial charge >= 0.3 is 6.09 Å². The molecule has 29 heavy (non-hydrogen) atoms. The fourth-order valence-corrected chi connectivity index (χ4v) is 3.04. The molecule has 0 unspecified atom stereocenters. The van der Waals surface area contributed by atoms with Gasteiger partial charge in [-0.1, -0.05) is 12.1 Å². The smallest absolute Gasteiger partial charge is 0.411 e. The number of rotatable bonds is 6. The van der Waals surface area contributed by atoms with Gasteiger partial charge in [0.05, 0.1) is 24.1 Å². The predicted octanol–water partition coefficient (Wildman–Crippen LogP) is 1.91.